The Morgan fingerprint density at radius 2 is 1.68 bits per heavy atom. The molecule has 0 amide bonds. The van der Waals surface area contributed by atoms with Crippen LogP contribution < -0.4 is 5.32 Å². The molecule has 0 atom stereocenters. The molecule has 1 saturated heterocycles. The first-order chi connectivity index (χ1) is 9.20. The van der Waals surface area contributed by atoms with Crippen molar-refractivity contribution >= 4 is 0 Å². The van der Waals surface area contributed by atoms with Crippen molar-refractivity contribution < 1.29 is 4.74 Å². The minimum atomic E-state index is 0.518. The lowest BCUT2D eigenvalue weighted by Gasteiger charge is -2.41. The van der Waals surface area contributed by atoms with Crippen LogP contribution in [0, 0.1) is 5.92 Å². The molecule has 0 radical (unpaired) electrons. The van der Waals surface area contributed by atoms with Crippen LogP contribution in [0.25, 0.3) is 0 Å². The Morgan fingerprint density at radius 3 is 2.21 bits per heavy atom. The van der Waals surface area contributed by atoms with E-state index in [0.717, 1.165) is 12.0 Å². The summed E-state index contributed by atoms with van der Waals surface area (Å²) in [6.45, 7) is 8.47. The molecule has 3 heteroatoms. The maximum absolute atomic E-state index is 5.50. The zero-order valence-corrected chi connectivity index (χ0v) is 13.0. The summed E-state index contributed by atoms with van der Waals surface area (Å²) < 4.78 is 5.50. The number of piperidine rings is 1. The largest absolute Gasteiger partial charge is 0.381 e. The van der Waals surface area contributed by atoms with E-state index in [1.54, 1.807) is 0 Å². The van der Waals surface area contributed by atoms with Crippen LogP contribution in [0.2, 0.25) is 0 Å². The van der Waals surface area contributed by atoms with Crippen LogP contribution in [0.1, 0.15) is 52.4 Å². The van der Waals surface area contributed by atoms with Crippen LogP contribution in [0.3, 0.4) is 0 Å². The molecule has 0 aromatic heterocycles. The molecule has 0 bridgehead atoms. The third-order valence-corrected chi connectivity index (χ3v) is 5.04. The van der Waals surface area contributed by atoms with E-state index in [1.165, 1.54) is 58.2 Å². The molecule has 19 heavy (non-hydrogen) atoms. The van der Waals surface area contributed by atoms with Gasteiger partial charge in [0, 0.05) is 25.7 Å². The predicted molar refractivity (Wildman–Crippen MR) is 80.5 cm³/mol. The summed E-state index contributed by atoms with van der Waals surface area (Å²) in [4.78, 5) is 2.78. The smallest absolute Gasteiger partial charge is 0.0572 e. The Morgan fingerprint density at radius 1 is 1.05 bits per heavy atom. The second-order valence-corrected chi connectivity index (χ2v) is 6.65. The molecule has 2 rings (SSSR count). The fourth-order valence-electron chi connectivity index (χ4n) is 3.76. The molecule has 3 nitrogen and oxygen atoms in total. The highest BCUT2D eigenvalue weighted by Gasteiger charge is 2.29. The topological polar surface area (TPSA) is 24.5 Å². The molecule has 2 fully saturated rings. The standard InChI is InChI=1S/C16H32N2O/c1-13(2)18(12-14-8-10-17-11-9-14)15-4-6-16(19-3)7-5-15/h13-17H,4-12H2,1-3H3. The van der Waals surface area contributed by atoms with Crippen molar-refractivity contribution in [2.24, 2.45) is 5.92 Å². The van der Waals surface area contributed by atoms with Gasteiger partial charge in [0.25, 0.3) is 0 Å². The zero-order chi connectivity index (χ0) is 13.7. The number of nitrogens with zero attached hydrogens (tertiary/aromatic N) is 1. The summed E-state index contributed by atoms with van der Waals surface area (Å²) in [6, 6.07) is 1.47. The van der Waals surface area contributed by atoms with Gasteiger partial charge in [-0.2, -0.15) is 0 Å². The normalized spacial score (nSPS) is 30.2. The van der Waals surface area contributed by atoms with Gasteiger partial charge < -0.3 is 10.1 Å². The Bertz CT molecular complexity index is 243. The zero-order valence-electron chi connectivity index (χ0n) is 13.0. The fraction of sp³-hybridized carbons (Fsp3) is 1.00. The van der Waals surface area contributed by atoms with Gasteiger partial charge in [-0.25, -0.2) is 0 Å². The summed E-state index contributed by atoms with van der Waals surface area (Å²) in [5.74, 6) is 0.906. The van der Waals surface area contributed by atoms with E-state index in [-0.39, 0.29) is 0 Å². The van der Waals surface area contributed by atoms with Gasteiger partial charge in [-0.1, -0.05) is 0 Å². The first kappa shape index (κ1) is 15.3. The third kappa shape index (κ3) is 4.44. The van der Waals surface area contributed by atoms with Crippen LogP contribution in [0.15, 0.2) is 0 Å². The quantitative estimate of drug-likeness (QED) is 0.829. The molecule has 1 aliphatic heterocycles. The van der Waals surface area contributed by atoms with E-state index in [4.69, 9.17) is 4.74 Å². The van der Waals surface area contributed by atoms with E-state index in [9.17, 15) is 0 Å². The van der Waals surface area contributed by atoms with Crippen molar-refractivity contribution in [1.29, 1.82) is 0 Å². The second kappa shape index (κ2) is 7.61. The third-order valence-electron chi connectivity index (χ3n) is 5.04. The molecule has 1 N–H and O–H groups in total. The molecule has 0 unspecified atom stereocenters. The highest BCUT2D eigenvalue weighted by molar-refractivity contribution is 4.84. The minimum Gasteiger partial charge on any atom is -0.381 e. The Hall–Kier alpha value is -0.120. The lowest BCUT2D eigenvalue weighted by Crippen LogP contribution is -2.47. The maximum Gasteiger partial charge on any atom is 0.0572 e. The van der Waals surface area contributed by atoms with Crippen molar-refractivity contribution in [2.45, 2.75) is 70.6 Å². The highest BCUT2D eigenvalue weighted by Crippen LogP contribution is 2.28. The fourth-order valence-corrected chi connectivity index (χ4v) is 3.76. The van der Waals surface area contributed by atoms with Crippen molar-refractivity contribution in [2.75, 3.05) is 26.7 Å². The van der Waals surface area contributed by atoms with Gasteiger partial charge in [-0.3, -0.25) is 4.90 Å². The van der Waals surface area contributed by atoms with E-state index in [2.05, 4.69) is 24.1 Å². The predicted octanol–water partition coefficient (Wildman–Crippen LogP) is 2.65. The number of hydrogen-bond acceptors (Lipinski definition) is 3. The van der Waals surface area contributed by atoms with Crippen LogP contribution in [0.4, 0.5) is 0 Å². The number of methoxy groups -OCH3 is 1. The molecule has 1 saturated carbocycles. The Kier molecular flexibility index (Phi) is 6.11. The van der Waals surface area contributed by atoms with E-state index < -0.39 is 0 Å². The highest BCUT2D eigenvalue weighted by atomic mass is 16.5. The van der Waals surface area contributed by atoms with Crippen LogP contribution in [-0.2, 0) is 4.74 Å². The molecular weight excluding hydrogens is 236 g/mol. The van der Waals surface area contributed by atoms with Gasteiger partial charge in [0.15, 0.2) is 0 Å². The molecule has 1 heterocycles. The second-order valence-electron chi connectivity index (χ2n) is 6.65. The SMILES string of the molecule is COC1CCC(N(CC2CCNCC2)C(C)C)CC1. The molecule has 112 valence electrons. The van der Waals surface area contributed by atoms with E-state index >= 15 is 0 Å². The Balaban J connectivity index is 1.85. The first-order valence-corrected chi connectivity index (χ1v) is 8.20. The average Bonchev–Trinajstić information content (AvgIpc) is 2.46. The maximum atomic E-state index is 5.50. The van der Waals surface area contributed by atoms with Gasteiger partial charge in [0.05, 0.1) is 6.10 Å². The molecule has 2 aliphatic rings. The lowest BCUT2D eigenvalue weighted by molar-refractivity contribution is 0.0231. The van der Waals surface area contributed by atoms with Crippen molar-refractivity contribution in [3.63, 3.8) is 0 Å². The van der Waals surface area contributed by atoms with Crippen LogP contribution in [-0.4, -0.2) is 49.8 Å². The van der Waals surface area contributed by atoms with Crippen molar-refractivity contribution in [3.05, 3.63) is 0 Å². The summed E-state index contributed by atoms with van der Waals surface area (Å²) in [5.41, 5.74) is 0. The Labute approximate surface area is 119 Å². The number of ether oxygens (including phenoxy) is 1. The average molecular weight is 268 g/mol. The number of hydrogen-bond donors (Lipinski definition) is 1. The number of nitrogens with one attached hydrogen (secondary N) is 1. The van der Waals surface area contributed by atoms with Gasteiger partial charge >= 0.3 is 0 Å². The van der Waals surface area contributed by atoms with Gasteiger partial charge in [-0.15, -0.1) is 0 Å². The van der Waals surface area contributed by atoms with E-state index in [0.29, 0.717) is 12.1 Å². The lowest BCUT2D eigenvalue weighted by atomic mass is 9.89. The van der Waals surface area contributed by atoms with Gasteiger partial charge in [-0.05, 0) is 71.4 Å². The number of rotatable bonds is 5. The summed E-state index contributed by atoms with van der Waals surface area (Å²) in [7, 11) is 1.86. The first-order valence-electron chi connectivity index (χ1n) is 8.20. The van der Waals surface area contributed by atoms with Gasteiger partial charge in [0.2, 0.25) is 0 Å². The monoisotopic (exact) mass is 268 g/mol. The summed E-state index contributed by atoms with van der Waals surface area (Å²) in [5, 5.41) is 3.48. The van der Waals surface area contributed by atoms with Crippen molar-refractivity contribution in [3.8, 4) is 0 Å². The van der Waals surface area contributed by atoms with Gasteiger partial charge in [0.1, 0.15) is 0 Å². The molecule has 1 aliphatic carbocycles. The minimum absolute atomic E-state index is 0.518. The van der Waals surface area contributed by atoms with E-state index in [1.807, 2.05) is 7.11 Å². The summed E-state index contributed by atoms with van der Waals surface area (Å²) >= 11 is 0. The van der Waals surface area contributed by atoms with Crippen LogP contribution >= 0.6 is 0 Å². The molecule has 0 spiro atoms. The van der Waals surface area contributed by atoms with Crippen molar-refractivity contribution in [1.82, 2.24) is 10.2 Å². The van der Waals surface area contributed by atoms with Crippen LogP contribution in [0.5, 0.6) is 0 Å². The molecule has 0 aromatic rings. The summed E-state index contributed by atoms with van der Waals surface area (Å²) in [6.07, 6.45) is 8.37. The molecule has 0 aromatic carbocycles. The molecular formula is C16H32N2O.